The molecule has 0 saturated carbocycles. The first kappa shape index (κ1) is 14.2. The second-order valence-electron chi connectivity index (χ2n) is 4.64. The minimum absolute atomic E-state index is 0.0263. The largest absolute Gasteiger partial charge is 0.385 e. The number of nitriles is 1. The van der Waals surface area contributed by atoms with Gasteiger partial charge in [0.15, 0.2) is 0 Å². The molecule has 0 radical (unpaired) electrons. The smallest absolute Gasteiger partial charge is 0.328 e. The summed E-state index contributed by atoms with van der Waals surface area (Å²) in [6, 6.07) is 3.03. The molecule has 0 spiro atoms. The molecule has 1 aliphatic rings. The average Bonchev–Trinajstić information content (AvgIpc) is 2.76. The minimum atomic E-state index is -1.10. The number of hydrogen-bond acceptors (Lipinski definition) is 7. The van der Waals surface area contributed by atoms with E-state index < -0.39 is 10.5 Å². The van der Waals surface area contributed by atoms with E-state index in [0.717, 1.165) is 0 Å². The molecular formula is C12H14N4O4. The number of pyridine rings is 1. The van der Waals surface area contributed by atoms with Gasteiger partial charge in [0.25, 0.3) is 0 Å². The van der Waals surface area contributed by atoms with E-state index in [1.54, 1.807) is 13.0 Å². The fraction of sp³-hybridized carbons (Fsp3) is 0.500. The fourth-order valence-corrected chi connectivity index (χ4v) is 2.10. The Labute approximate surface area is 115 Å². The molecule has 2 atom stereocenters. The summed E-state index contributed by atoms with van der Waals surface area (Å²) in [5, 5.41) is 33.0. The first-order valence-corrected chi connectivity index (χ1v) is 6.09. The molecule has 2 rings (SSSR count). The molecule has 2 unspecified atom stereocenters. The molecule has 1 aliphatic heterocycles. The van der Waals surface area contributed by atoms with Gasteiger partial charge in [0.1, 0.15) is 17.2 Å². The second-order valence-corrected chi connectivity index (χ2v) is 4.64. The van der Waals surface area contributed by atoms with Crippen LogP contribution in [0.3, 0.4) is 0 Å². The van der Waals surface area contributed by atoms with E-state index in [2.05, 4.69) is 10.3 Å². The van der Waals surface area contributed by atoms with Crippen molar-refractivity contribution in [3.63, 3.8) is 0 Å². The third kappa shape index (κ3) is 2.54. The molecule has 8 nitrogen and oxygen atoms in total. The van der Waals surface area contributed by atoms with Crippen LogP contribution in [0.1, 0.15) is 18.9 Å². The van der Waals surface area contributed by atoms with Gasteiger partial charge in [-0.25, -0.2) is 4.98 Å². The molecule has 2 N–H and O–H groups in total. The lowest BCUT2D eigenvalue weighted by molar-refractivity contribution is -0.384. The Hall–Kier alpha value is -2.24. The van der Waals surface area contributed by atoms with Gasteiger partial charge in [-0.1, -0.05) is 0 Å². The highest BCUT2D eigenvalue weighted by molar-refractivity contribution is 5.64. The maximum Gasteiger partial charge on any atom is 0.328 e. The van der Waals surface area contributed by atoms with Gasteiger partial charge in [-0.05, 0) is 13.0 Å². The van der Waals surface area contributed by atoms with E-state index in [0.29, 0.717) is 13.0 Å². The van der Waals surface area contributed by atoms with Gasteiger partial charge >= 0.3 is 5.69 Å². The van der Waals surface area contributed by atoms with Crippen molar-refractivity contribution in [2.45, 2.75) is 25.0 Å². The zero-order valence-electron chi connectivity index (χ0n) is 10.9. The molecule has 1 aromatic rings. The highest BCUT2D eigenvalue weighted by Gasteiger charge is 2.39. The Morgan fingerprint density at radius 3 is 3.10 bits per heavy atom. The standard InChI is InChI=1S/C12H14N4O4/c1-8-12(17,3-5-20-8)7-15-11-10(16(18)19)9(6-13)2-4-14-11/h2,4,8,17H,3,5,7H2,1H3,(H,14,15). The summed E-state index contributed by atoms with van der Waals surface area (Å²) < 4.78 is 5.28. The van der Waals surface area contributed by atoms with Gasteiger partial charge in [0.05, 0.1) is 11.0 Å². The number of rotatable bonds is 4. The quantitative estimate of drug-likeness (QED) is 0.617. The van der Waals surface area contributed by atoms with Crippen molar-refractivity contribution in [3.05, 3.63) is 27.9 Å². The molecule has 20 heavy (non-hydrogen) atoms. The SMILES string of the molecule is CC1OCCC1(O)CNc1nccc(C#N)c1[N+](=O)[O-]. The van der Waals surface area contributed by atoms with E-state index in [9.17, 15) is 15.2 Å². The van der Waals surface area contributed by atoms with Gasteiger partial charge in [0, 0.05) is 25.8 Å². The third-order valence-corrected chi connectivity index (χ3v) is 3.45. The van der Waals surface area contributed by atoms with Crippen LogP contribution in [0.4, 0.5) is 11.5 Å². The van der Waals surface area contributed by atoms with E-state index in [-0.39, 0.29) is 29.7 Å². The molecule has 106 valence electrons. The summed E-state index contributed by atoms with van der Waals surface area (Å²) in [6.45, 7) is 2.24. The predicted octanol–water partition coefficient (Wildman–Crippen LogP) is 0.813. The number of aliphatic hydroxyl groups is 1. The summed E-state index contributed by atoms with van der Waals surface area (Å²) in [5.41, 5.74) is -1.56. The van der Waals surface area contributed by atoms with Crippen molar-refractivity contribution in [1.82, 2.24) is 4.98 Å². The van der Waals surface area contributed by atoms with Crippen LogP contribution in [-0.2, 0) is 4.74 Å². The summed E-state index contributed by atoms with van der Waals surface area (Å²) in [6.07, 6.45) is 1.38. The van der Waals surface area contributed by atoms with Crippen LogP contribution < -0.4 is 5.32 Å². The third-order valence-electron chi connectivity index (χ3n) is 3.45. The van der Waals surface area contributed by atoms with Gasteiger partial charge < -0.3 is 15.2 Å². The van der Waals surface area contributed by atoms with Crippen molar-refractivity contribution in [1.29, 1.82) is 5.26 Å². The Bertz CT molecular complexity index is 571. The first-order valence-electron chi connectivity index (χ1n) is 6.09. The van der Waals surface area contributed by atoms with Crippen LogP contribution in [0.5, 0.6) is 0 Å². The molecule has 2 heterocycles. The number of anilines is 1. The van der Waals surface area contributed by atoms with Crippen LogP contribution in [-0.4, -0.2) is 39.9 Å². The number of ether oxygens (including phenoxy) is 1. The molecule has 8 heteroatoms. The molecule has 1 aromatic heterocycles. The van der Waals surface area contributed by atoms with Gasteiger partial charge in [-0.3, -0.25) is 10.1 Å². The molecule has 0 aromatic carbocycles. The normalized spacial score (nSPS) is 25.1. The zero-order chi connectivity index (χ0) is 14.8. The summed E-state index contributed by atoms with van der Waals surface area (Å²) in [4.78, 5) is 14.2. The molecule has 0 bridgehead atoms. The van der Waals surface area contributed by atoms with Crippen molar-refractivity contribution in [3.8, 4) is 6.07 Å². The molecule has 1 fully saturated rings. The Morgan fingerprint density at radius 2 is 2.55 bits per heavy atom. The van der Waals surface area contributed by atoms with E-state index in [1.807, 2.05) is 0 Å². The fourth-order valence-electron chi connectivity index (χ4n) is 2.10. The van der Waals surface area contributed by atoms with E-state index >= 15 is 0 Å². The maximum atomic E-state index is 11.0. The van der Waals surface area contributed by atoms with Crippen LogP contribution in [0.2, 0.25) is 0 Å². The monoisotopic (exact) mass is 278 g/mol. The number of hydrogen-bond donors (Lipinski definition) is 2. The van der Waals surface area contributed by atoms with Crippen molar-refractivity contribution < 1.29 is 14.8 Å². The van der Waals surface area contributed by atoms with Gasteiger partial charge in [-0.2, -0.15) is 5.26 Å². The van der Waals surface area contributed by atoms with Crippen LogP contribution in [0, 0.1) is 21.4 Å². The van der Waals surface area contributed by atoms with Crippen LogP contribution in [0.15, 0.2) is 12.3 Å². The first-order chi connectivity index (χ1) is 9.48. The number of nitrogens with one attached hydrogen (secondary N) is 1. The molecular weight excluding hydrogens is 264 g/mol. The van der Waals surface area contributed by atoms with Gasteiger partial charge in [-0.15, -0.1) is 0 Å². The topological polar surface area (TPSA) is 121 Å². The zero-order valence-corrected chi connectivity index (χ0v) is 10.9. The second kappa shape index (κ2) is 5.40. The Morgan fingerprint density at radius 1 is 1.80 bits per heavy atom. The summed E-state index contributed by atoms with van der Waals surface area (Å²) in [5.74, 6) is -0.0263. The minimum Gasteiger partial charge on any atom is -0.385 e. The summed E-state index contributed by atoms with van der Waals surface area (Å²) in [7, 11) is 0. The highest BCUT2D eigenvalue weighted by Crippen LogP contribution is 2.29. The lowest BCUT2D eigenvalue weighted by Gasteiger charge is -2.26. The molecule has 0 aliphatic carbocycles. The summed E-state index contributed by atoms with van der Waals surface area (Å²) >= 11 is 0. The number of nitro groups is 1. The van der Waals surface area contributed by atoms with Crippen molar-refractivity contribution in [2.24, 2.45) is 0 Å². The maximum absolute atomic E-state index is 11.0. The average molecular weight is 278 g/mol. The molecule has 0 amide bonds. The van der Waals surface area contributed by atoms with Crippen molar-refractivity contribution in [2.75, 3.05) is 18.5 Å². The number of nitrogens with zero attached hydrogens (tertiary/aromatic N) is 3. The lowest BCUT2D eigenvalue weighted by atomic mass is 9.97. The van der Waals surface area contributed by atoms with E-state index in [4.69, 9.17) is 10.00 Å². The highest BCUT2D eigenvalue weighted by atomic mass is 16.6. The van der Waals surface area contributed by atoms with Crippen LogP contribution in [0.25, 0.3) is 0 Å². The predicted molar refractivity (Wildman–Crippen MR) is 69.1 cm³/mol. The van der Waals surface area contributed by atoms with Crippen molar-refractivity contribution >= 4 is 11.5 Å². The Balaban J connectivity index is 2.22. The number of aromatic nitrogens is 1. The van der Waals surface area contributed by atoms with Crippen LogP contribution >= 0.6 is 0 Å². The molecule has 1 saturated heterocycles. The Kier molecular flexibility index (Phi) is 3.83. The lowest BCUT2D eigenvalue weighted by Crippen LogP contribution is -2.43. The van der Waals surface area contributed by atoms with E-state index in [1.165, 1.54) is 12.3 Å². The van der Waals surface area contributed by atoms with Gasteiger partial charge in [0.2, 0.25) is 5.82 Å².